The number of nitrogens with zero attached hydrogens (tertiary/aromatic N) is 2. The van der Waals surface area contributed by atoms with Crippen molar-refractivity contribution in [3.05, 3.63) is 95.4 Å². The molecule has 4 rings (SSSR count). The number of ether oxygens (including phenoxy) is 1. The smallest absolute Gasteiger partial charge is 0.309 e. The number of hydrogen-bond acceptors (Lipinski definition) is 4. The number of carbonyl (C=O) groups excluding carboxylic acids is 2. The minimum absolute atomic E-state index is 0.230. The summed E-state index contributed by atoms with van der Waals surface area (Å²) in [6, 6.07) is 20.4. The summed E-state index contributed by atoms with van der Waals surface area (Å²) < 4.78 is 20.7. The minimum Gasteiger partial charge on any atom is -0.407 e. The topological polar surface area (TPSA) is 73.2 Å². The second-order valence-corrected chi connectivity index (χ2v) is 7.86. The Morgan fingerprint density at radius 3 is 2.35 bits per heavy atom. The van der Waals surface area contributed by atoms with Gasteiger partial charge in [0.1, 0.15) is 5.82 Å². The van der Waals surface area contributed by atoms with Crippen LogP contribution in [0.4, 0.5) is 10.1 Å². The van der Waals surface area contributed by atoms with Crippen LogP contribution in [0.2, 0.25) is 0 Å². The molecule has 0 fully saturated rings. The van der Waals surface area contributed by atoms with Crippen LogP contribution in [0.1, 0.15) is 35.5 Å². The first-order valence-corrected chi connectivity index (χ1v) is 10.9. The number of nitrogens with one attached hydrogen (secondary N) is 1. The number of aryl methyl sites for hydroxylation is 2. The van der Waals surface area contributed by atoms with Crippen molar-refractivity contribution in [2.24, 2.45) is 0 Å². The molecule has 3 aromatic carbocycles. The maximum Gasteiger partial charge on any atom is 0.309 e. The molecule has 4 aromatic rings. The second-order valence-electron chi connectivity index (χ2n) is 7.86. The van der Waals surface area contributed by atoms with Crippen molar-refractivity contribution in [3.63, 3.8) is 0 Å². The van der Waals surface area contributed by atoms with Gasteiger partial charge in [-0.25, -0.2) is 4.39 Å². The summed E-state index contributed by atoms with van der Waals surface area (Å²) in [5, 5.41) is 7.47. The van der Waals surface area contributed by atoms with E-state index < -0.39 is 17.7 Å². The third kappa shape index (κ3) is 4.88. The van der Waals surface area contributed by atoms with Crippen LogP contribution < -0.4 is 10.1 Å². The van der Waals surface area contributed by atoms with Crippen LogP contribution in [0.25, 0.3) is 16.8 Å². The third-order valence-corrected chi connectivity index (χ3v) is 5.29. The summed E-state index contributed by atoms with van der Waals surface area (Å²) in [6.07, 6.45) is 0.626. The predicted octanol–water partition coefficient (Wildman–Crippen LogP) is 5.73. The summed E-state index contributed by atoms with van der Waals surface area (Å²) in [4.78, 5) is 24.4. The molecule has 0 bridgehead atoms. The van der Waals surface area contributed by atoms with Crippen molar-refractivity contribution in [3.8, 4) is 22.7 Å². The van der Waals surface area contributed by atoms with E-state index in [2.05, 4.69) is 5.32 Å². The molecule has 6 nitrogen and oxygen atoms in total. The maximum atomic E-state index is 13.4. The number of hydrogen-bond donors (Lipinski definition) is 1. The summed E-state index contributed by atoms with van der Waals surface area (Å²) in [7, 11) is 0. The molecule has 172 valence electrons. The molecular formula is C27H24FN3O3. The lowest BCUT2D eigenvalue weighted by molar-refractivity contribution is -0.132. The Labute approximate surface area is 197 Å². The van der Waals surface area contributed by atoms with Crippen molar-refractivity contribution < 1.29 is 18.7 Å². The average molecular weight is 458 g/mol. The Morgan fingerprint density at radius 2 is 1.74 bits per heavy atom. The van der Waals surface area contributed by atoms with Crippen molar-refractivity contribution in [1.82, 2.24) is 9.78 Å². The van der Waals surface area contributed by atoms with Gasteiger partial charge in [0.15, 0.2) is 0 Å². The molecule has 0 aliphatic carbocycles. The maximum absolute atomic E-state index is 13.4. The fraction of sp³-hybridized carbons (Fsp3) is 0.148. The molecule has 1 aromatic heterocycles. The summed E-state index contributed by atoms with van der Waals surface area (Å²) in [6.45, 7) is 5.33. The molecule has 0 aliphatic rings. The van der Waals surface area contributed by atoms with Crippen molar-refractivity contribution in [1.29, 1.82) is 0 Å². The van der Waals surface area contributed by atoms with E-state index in [1.807, 2.05) is 50.2 Å². The van der Waals surface area contributed by atoms with E-state index in [9.17, 15) is 14.0 Å². The molecule has 1 amide bonds. The number of benzene rings is 3. The quantitative estimate of drug-likeness (QED) is 0.376. The van der Waals surface area contributed by atoms with Gasteiger partial charge >= 0.3 is 5.97 Å². The van der Waals surface area contributed by atoms with E-state index in [1.165, 1.54) is 25.1 Å². The lowest BCUT2D eigenvalue weighted by atomic mass is 10.0. The molecule has 0 saturated heterocycles. The highest BCUT2D eigenvalue weighted by Crippen LogP contribution is 2.36. The van der Waals surface area contributed by atoms with Gasteiger partial charge in [-0.1, -0.05) is 42.8 Å². The zero-order chi connectivity index (χ0) is 24.2. The van der Waals surface area contributed by atoms with E-state index >= 15 is 0 Å². The SMILES string of the molecule is CCc1nn(-c2ccc(C)cc2)c(OC(C)=O)c1-c1ccc(NC(=O)c2cccc(F)c2)cc1. The first-order valence-electron chi connectivity index (χ1n) is 10.9. The number of anilines is 1. The molecule has 0 spiro atoms. The highest BCUT2D eigenvalue weighted by molar-refractivity contribution is 6.04. The summed E-state index contributed by atoms with van der Waals surface area (Å²) in [5.41, 5.74) is 4.94. The van der Waals surface area contributed by atoms with Crippen LogP contribution >= 0.6 is 0 Å². The van der Waals surface area contributed by atoms with Crippen LogP contribution in [0.3, 0.4) is 0 Å². The van der Waals surface area contributed by atoms with E-state index in [-0.39, 0.29) is 5.56 Å². The highest BCUT2D eigenvalue weighted by atomic mass is 19.1. The molecule has 7 heteroatoms. The van der Waals surface area contributed by atoms with Gasteiger partial charge in [0.2, 0.25) is 5.88 Å². The average Bonchev–Trinajstić information content (AvgIpc) is 3.17. The van der Waals surface area contributed by atoms with Crippen LogP contribution in [-0.4, -0.2) is 21.7 Å². The molecule has 0 radical (unpaired) electrons. The fourth-order valence-electron chi connectivity index (χ4n) is 3.63. The number of halogens is 1. The van der Waals surface area contributed by atoms with Gasteiger partial charge in [-0.05, 0) is 61.4 Å². The van der Waals surface area contributed by atoms with E-state index in [4.69, 9.17) is 9.84 Å². The summed E-state index contributed by atoms with van der Waals surface area (Å²) >= 11 is 0. The van der Waals surface area contributed by atoms with Gasteiger partial charge in [-0.15, -0.1) is 0 Å². The van der Waals surface area contributed by atoms with Crippen molar-refractivity contribution in [2.75, 3.05) is 5.32 Å². The molecule has 0 saturated carbocycles. The van der Waals surface area contributed by atoms with Gasteiger partial charge in [0.25, 0.3) is 5.91 Å². The van der Waals surface area contributed by atoms with Crippen LogP contribution in [0, 0.1) is 12.7 Å². The molecule has 0 aliphatic heterocycles. The zero-order valence-electron chi connectivity index (χ0n) is 19.1. The highest BCUT2D eigenvalue weighted by Gasteiger charge is 2.22. The van der Waals surface area contributed by atoms with Crippen LogP contribution in [0.15, 0.2) is 72.8 Å². The minimum atomic E-state index is -0.473. The Morgan fingerprint density at radius 1 is 1.03 bits per heavy atom. The normalized spacial score (nSPS) is 10.7. The molecule has 0 atom stereocenters. The van der Waals surface area contributed by atoms with E-state index in [1.54, 1.807) is 22.9 Å². The number of amides is 1. The lowest BCUT2D eigenvalue weighted by Gasteiger charge is -2.10. The van der Waals surface area contributed by atoms with Gasteiger partial charge in [-0.3, -0.25) is 9.59 Å². The Bertz CT molecular complexity index is 1340. The van der Waals surface area contributed by atoms with E-state index in [0.717, 1.165) is 22.5 Å². The van der Waals surface area contributed by atoms with Gasteiger partial charge in [-0.2, -0.15) is 9.78 Å². The van der Waals surface area contributed by atoms with E-state index in [0.29, 0.717) is 23.6 Å². The molecule has 1 N–H and O–H groups in total. The fourth-order valence-corrected chi connectivity index (χ4v) is 3.63. The third-order valence-electron chi connectivity index (χ3n) is 5.29. The Hall–Kier alpha value is -4.26. The number of aromatic nitrogens is 2. The van der Waals surface area contributed by atoms with Gasteiger partial charge < -0.3 is 10.1 Å². The Kier molecular flexibility index (Phi) is 6.54. The first-order chi connectivity index (χ1) is 16.4. The van der Waals surface area contributed by atoms with Crippen molar-refractivity contribution >= 4 is 17.6 Å². The molecule has 34 heavy (non-hydrogen) atoms. The second kappa shape index (κ2) is 9.70. The summed E-state index contributed by atoms with van der Waals surface area (Å²) in [5.74, 6) is -0.992. The first kappa shape index (κ1) is 22.9. The molecular weight excluding hydrogens is 433 g/mol. The lowest BCUT2D eigenvalue weighted by Crippen LogP contribution is -2.11. The van der Waals surface area contributed by atoms with Gasteiger partial charge in [0.05, 0.1) is 16.9 Å². The monoisotopic (exact) mass is 457 g/mol. The van der Waals surface area contributed by atoms with Gasteiger partial charge in [0, 0.05) is 18.2 Å². The standard InChI is InChI=1S/C27H24FN3O3/c1-4-24-25(27(34-18(3)32)31(30-24)23-14-8-17(2)9-15-23)19-10-12-22(13-11-19)29-26(33)20-6-5-7-21(28)16-20/h5-16H,4H2,1-3H3,(H,29,33). The number of esters is 1. The van der Waals surface area contributed by atoms with Crippen LogP contribution in [0.5, 0.6) is 5.88 Å². The number of rotatable bonds is 6. The Balaban J connectivity index is 1.69. The van der Waals surface area contributed by atoms with Crippen LogP contribution in [-0.2, 0) is 11.2 Å². The zero-order valence-corrected chi connectivity index (χ0v) is 19.1. The molecule has 0 unspecified atom stereocenters. The largest absolute Gasteiger partial charge is 0.407 e. The molecule has 1 heterocycles. The number of carbonyl (C=O) groups is 2. The predicted molar refractivity (Wildman–Crippen MR) is 129 cm³/mol. The van der Waals surface area contributed by atoms with Crippen molar-refractivity contribution in [2.45, 2.75) is 27.2 Å².